The van der Waals surface area contributed by atoms with Crippen LogP contribution in [0.25, 0.3) is 11.0 Å². The average molecular weight is 481 g/mol. The number of benzene rings is 1. The molecule has 6 rings (SSSR count). The number of para-hydroxylation sites is 2. The van der Waals surface area contributed by atoms with Crippen molar-refractivity contribution in [2.75, 3.05) is 5.32 Å². The van der Waals surface area contributed by atoms with Crippen molar-refractivity contribution in [3.63, 3.8) is 0 Å². The van der Waals surface area contributed by atoms with Gasteiger partial charge in [0.25, 0.3) is 0 Å². The van der Waals surface area contributed by atoms with E-state index in [2.05, 4.69) is 34.4 Å². The van der Waals surface area contributed by atoms with Crippen LogP contribution in [0.1, 0.15) is 65.2 Å². The number of halogens is 1. The number of piperidine rings is 1. The van der Waals surface area contributed by atoms with Gasteiger partial charge in [0, 0.05) is 29.0 Å². The van der Waals surface area contributed by atoms with Gasteiger partial charge in [-0.3, -0.25) is 14.9 Å². The molecule has 2 aromatic rings. The highest BCUT2D eigenvalue weighted by Crippen LogP contribution is 2.66. The smallest absolute Gasteiger partial charge is 0.226 e. The van der Waals surface area contributed by atoms with Crippen molar-refractivity contribution < 1.29 is 9.59 Å². The van der Waals surface area contributed by atoms with E-state index in [1.807, 2.05) is 24.3 Å². The Labute approximate surface area is 205 Å². The molecule has 1 saturated heterocycles. The maximum absolute atomic E-state index is 13.0. The van der Waals surface area contributed by atoms with Gasteiger partial charge < -0.3 is 10.3 Å². The van der Waals surface area contributed by atoms with Gasteiger partial charge in [0.2, 0.25) is 17.8 Å². The van der Waals surface area contributed by atoms with E-state index in [-0.39, 0.29) is 22.6 Å². The molecule has 0 spiro atoms. The first-order chi connectivity index (χ1) is 16.3. The summed E-state index contributed by atoms with van der Waals surface area (Å²) in [6.07, 6.45) is 7.37. The number of carbonyl (C=O) groups excluding carboxylic acids is 2. The van der Waals surface area contributed by atoms with Crippen molar-refractivity contribution in [3.05, 3.63) is 35.0 Å². The Kier molecular flexibility index (Phi) is 5.11. The summed E-state index contributed by atoms with van der Waals surface area (Å²) in [6.45, 7) is 4.73. The van der Waals surface area contributed by atoms with Crippen LogP contribution in [0.2, 0.25) is 0 Å². The van der Waals surface area contributed by atoms with E-state index in [0.717, 1.165) is 60.3 Å². The maximum Gasteiger partial charge on any atom is 0.226 e. The largest absolute Gasteiger partial charge is 0.328 e. The Balaban J connectivity index is 1.19. The minimum absolute atomic E-state index is 0.0357. The predicted molar refractivity (Wildman–Crippen MR) is 133 cm³/mol. The van der Waals surface area contributed by atoms with E-state index < -0.39 is 0 Å². The second kappa shape index (κ2) is 7.84. The summed E-state index contributed by atoms with van der Waals surface area (Å²) in [7, 11) is 0. The van der Waals surface area contributed by atoms with Gasteiger partial charge in [-0.05, 0) is 79.7 Å². The van der Waals surface area contributed by atoms with Gasteiger partial charge in [-0.2, -0.15) is 0 Å². The average Bonchev–Trinajstić information content (AvgIpc) is 3.35. The molecule has 2 amide bonds. The third-order valence-corrected chi connectivity index (χ3v) is 10.3. The summed E-state index contributed by atoms with van der Waals surface area (Å²) in [5.41, 5.74) is 2.90. The lowest BCUT2D eigenvalue weighted by Gasteiger charge is -2.57. The number of nitrogens with zero attached hydrogens (tertiary/aromatic N) is 1. The fraction of sp³-hybridized carbons (Fsp3) is 0.593. The SMILES string of the molecule is C[C@]12CCC3C(CC(Cl)=C4NC(=O)CC[C@@]43C)[C@@H]1CC[C@@H]2CC(=O)Nc1nc2ccccc2[nH]1. The summed E-state index contributed by atoms with van der Waals surface area (Å²) in [5, 5.41) is 6.99. The van der Waals surface area contributed by atoms with Crippen molar-refractivity contribution >= 4 is 40.4 Å². The predicted octanol–water partition coefficient (Wildman–Crippen LogP) is 5.72. The molecule has 4 aliphatic rings. The number of rotatable bonds is 3. The van der Waals surface area contributed by atoms with Crippen molar-refractivity contribution in [2.45, 2.75) is 65.2 Å². The Morgan fingerprint density at radius 2 is 2.00 bits per heavy atom. The van der Waals surface area contributed by atoms with Crippen LogP contribution >= 0.6 is 11.6 Å². The summed E-state index contributed by atoms with van der Waals surface area (Å²) in [5.74, 6) is 2.68. The first-order valence-corrected chi connectivity index (χ1v) is 13.1. The van der Waals surface area contributed by atoms with Gasteiger partial charge in [0.05, 0.1) is 11.0 Å². The summed E-state index contributed by atoms with van der Waals surface area (Å²) >= 11 is 6.84. The third-order valence-electron chi connectivity index (χ3n) is 9.92. The second-order valence-electron chi connectivity index (χ2n) is 11.5. The Hall–Kier alpha value is -2.34. The van der Waals surface area contributed by atoms with Crippen LogP contribution in [-0.2, 0) is 9.59 Å². The van der Waals surface area contributed by atoms with E-state index in [1.54, 1.807) is 0 Å². The lowest BCUT2D eigenvalue weighted by atomic mass is 9.49. The Morgan fingerprint density at radius 1 is 1.18 bits per heavy atom. The van der Waals surface area contributed by atoms with E-state index >= 15 is 0 Å². The van der Waals surface area contributed by atoms with Crippen LogP contribution in [0.4, 0.5) is 5.95 Å². The lowest BCUT2D eigenvalue weighted by molar-refractivity contribution is -0.125. The molecule has 3 aliphatic carbocycles. The number of amides is 2. The zero-order valence-corrected chi connectivity index (χ0v) is 20.7. The number of allylic oxidation sites excluding steroid dienone is 2. The highest BCUT2D eigenvalue weighted by Gasteiger charge is 2.59. The minimum atomic E-state index is -0.0357. The van der Waals surface area contributed by atoms with Gasteiger partial charge in [-0.15, -0.1) is 0 Å². The zero-order chi connectivity index (χ0) is 23.7. The number of anilines is 1. The highest BCUT2D eigenvalue weighted by molar-refractivity contribution is 6.30. The number of H-pyrrole nitrogens is 1. The molecule has 2 heterocycles. The van der Waals surface area contributed by atoms with Crippen molar-refractivity contribution in [2.24, 2.45) is 34.5 Å². The highest BCUT2D eigenvalue weighted by atomic mass is 35.5. The van der Waals surface area contributed by atoms with Crippen molar-refractivity contribution in [1.82, 2.24) is 15.3 Å². The van der Waals surface area contributed by atoms with Crippen LogP contribution in [-0.4, -0.2) is 21.8 Å². The number of carbonyl (C=O) groups is 2. The second-order valence-corrected chi connectivity index (χ2v) is 12.0. The minimum Gasteiger partial charge on any atom is -0.328 e. The molecule has 1 aliphatic heterocycles. The number of hydrogen-bond donors (Lipinski definition) is 3. The van der Waals surface area contributed by atoms with E-state index in [0.29, 0.717) is 42.5 Å². The van der Waals surface area contributed by atoms with Gasteiger partial charge >= 0.3 is 0 Å². The molecule has 3 N–H and O–H groups in total. The first kappa shape index (κ1) is 22.1. The third kappa shape index (κ3) is 3.32. The van der Waals surface area contributed by atoms with E-state index in [9.17, 15) is 9.59 Å². The Bertz CT molecular complexity index is 1170. The topological polar surface area (TPSA) is 86.9 Å². The maximum atomic E-state index is 13.0. The van der Waals surface area contributed by atoms with Crippen molar-refractivity contribution in [3.8, 4) is 0 Å². The monoisotopic (exact) mass is 480 g/mol. The van der Waals surface area contributed by atoms with E-state index in [1.165, 1.54) is 0 Å². The fourth-order valence-corrected chi connectivity index (χ4v) is 8.57. The molecule has 0 bridgehead atoms. The molecular weight excluding hydrogens is 448 g/mol. The molecule has 7 heteroatoms. The number of hydrogen-bond acceptors (Lipinski definition) is 3. The number of aromatic nitrogens is 2. The Morgan fingerprint density at radius 3 is 2.82 bits per heavy atom. The first-order valence-electron chi connectivity index (χ1n) is 12.7. The van der Waals surface area contributed by atoms with Crippen LogP contribution in [0.15, 0.2) is 35.0 Å². The number of imidazole rings is 1. The summed E-state index contributed by atoms with van der Waals surface area (Å²) < 4.78 is 0. The molecule has 6 atom stereocenters. The molecule has 0 radical (unpaired) electrons. The van der Waals surface area contributed by atoms with Crippen LogP contribution < -0.4 is 10.6 Å². The van der Waals surface area contributed by atoms with Gasteiger partial charge in [-0.25, -0.2) is 4.98 Å². The van der Waals surface area contributed by atoms with Gasteiger partial charge in [0.15, 0.2) is 0 Å². The molecule has 180 valence electrons. The molecule has 6 nitrogen and oxygen atoms in total. The molecule has 2 saturated carbocycles. The lowest BCUT2D eigenvalue weighted by Crippen LogP contribution is -2.54. The van der Waals surface area contributed by atoms with Crippen LogP contribution in [0.3, 0.4) is 0 Å². The molecule has 3 fully saturated rings. The van der Waals surface area contributed by atoms with Crippen molar-refractivity contribution in [1.29, 1.82) is 0 Å². The van der Waals surface area contributed by atoms with Crippen LogP contribution in [0, 0.1) is 34.5 Å². The molecule has 2 unspecified atom stereocenters. The number of nitrogens with one attached hydrogen (secondary N) is 3. The molecular formula is C27H33ClN4O2. The molecule has 34 heavy (non-hydrogen) atoms. The quantitative estimate of drug-likeness (QED) is 0.525. The van der Waals surface area contributed by atoms with Crippen LogP contribution in [0.5, 0.6) is 0 Å². The molecule has 1 aromatic carbocycles. The molecule has 1 aromatic heterocycles. The summed E-state index contributed by atoms with van der Waals surface area (Å²) in [6, 6.07) is 7.81. The zero-order valence-electron chi connectivity index (χ0n) is 19.9. The normalized spacial score (nSPS) is 37.1. The van der Waals surface area contributed by atoms with Gasteiger partial charge in [0.1, 0.15) is 0 Å². The van der Waals surface area contributed by atoms with E-state index in [4.69, 9.17) is 11.6 Å². The standard InChI is InChI=1S/C27H33ClN4O2/c1-26-11-9-18-16(14-19(28)24-27(18,2)12-10-22(33)31-24)17(26)8-7-15(26)13-23(34)32-25-29-20-5-3-4-6-21(20)30-25/h3-6,15-18H,7-14H2,1-2H3,(H,31,33)(H2,29,30,32,34)/t15-,16?,17+,18?,26-,27-/m1/s1. The van der Waals surface area contributed by atoms with Gasteiger partial charge in [-0.1, -0.05) is 37.6 Å². The fourth-order valence-electron chi connectivity index (χ4n) is 8.13. The number of aromatic amines is 1. The summed E-state index contributed by atoms with van der Waals surface area (Å²) in [4.78, 5) is 32.8. The number of fused-ring (bicyclic) bond motifs is 6.